The van der Waals surface area contributed by atoms with Crippen molar-refractivity contribution >= 4 is 39.7 Å². The number of carbonyl (C=O) groups is 1. The molecule has 0 saturated carbocycles. The Balaban J connectivity index is 1.35. The molecule has 1 aliphatic rings. The minimum absolute atomic E-state index is 0.283. The Kier molecular flexibility index (Phi) is 9.35. The fraction of sp³-hybridized carbons (Fsp3) is 0.259. The van der Waals surface area contributed by atoms with Crippen LogP contribution in [-0.4, -0.2) is 50.4 Å². The van der Waals surface area contributed by atoms with Gasteiger partial charge in [-0.3, -0.25) is 9.69 Å². The van der Waals surface area contributed by atoms with E-state index in [1.807, 2.05) is 54.6 Å². The predicted molar refractivity (Wildman–Crippen MR) is 144 cm³/mol. The molecule has 0 radical (unpaired) electrons. The van der Waals surface area contributed by atoms with E-state index in [9.17, 15) is 4.79 Å². The third-order valence-corrected chi connectivity index (χ3v) is 6.65. The number of carbonyl (C=O) groups excluding carboxylic acids is 1. The maximum absolute atomic E-state index is 12.5. The van der Waals surface area contributed by atoms with E-state index in [2.05, 4.69) is 31.4 Å². The lowest BCUT2D eigenvalue weighted by Crippen LogP contribution is -2.35. The smallest absolute Gasteiger partial charge is 0.271 e. The molecule has 188 valence electrons. The molecule has 1 aliphatic heterocycles. The summed E-state index contributed by atoms with van der Waals surface area (Å²) in [6.45, 7) is 4.51. The molecule has 1 N–H and O–H groups in total. The number of hydrazone groups is 1. The Labute approximate surface area is 224 Å². The van der Waals surface area contributed by atoms with Crippen LogP contribution < -0.4 is 14.9 Å². The highest BCUT2D eigenvalue weighted by Gasteiger charge is 2.13. The van der Waals surface area contributed by atoms with Crippen molar-refractivity contribution < 1.29 is 19.0 Å². The maximum Gasteiger partial charge on any atom is 0.271 e. The van der Waals surface area contributed by atoms with Gasteiger partial charge in [-0.2, -0.15) is 5.10 Å². The lowest BCUT2D eigenvalue weighted by atomic mass is 10.1. The highest BCUT2D eigenvalue weighted by molar-refractivity contribution is 9.10. The lowest BCUT2D eigenvalue weighted by Gasteiger charge is -2.26. The van der Waals surface area contributed by atoms with E-state index in [1.54, 1.807) is 19.4 Å². The number of amides is 1. The van der Waals surface area contributed by atoms with Gasteiger partial charge in [-0.25, -0.2) is 5.43 Å². The van der Waals surface area contributed by atoms with Crippen molar-refractivity contribution in [2.45, 2.75) is 13.2 Å². The van der Waals surface area contributed by atoms with E-state index in [0.29, 0.717) is 33.2 Å². The van der Waals surface area contributed by atoms with Crippen molar-refractivity contribution in [3.05, 3.63) is 92.4 Å². The minimum atomic E-state index is -0.283. The van der Waals surface area contributed by atoms with Crippen molar-refractivity contribution in [3.8, 4) is 11.5 Å². The van der Waals surface area contributed by atoms with Gasteiger partial charge in [-0.1, -0.05) is 41.9 Å². The van der Waals surface area contributed by atoms with Crippen molar-refractivity contribution in [1.82, 2.24) is 10.3 Å². The third kappa shape index (κ3) is 7.07. The number of methoxy groups -OCH3 is 1. The van der Waals surface area contributed by atoms with Gasteiger partial charge < -0.3 is 14.2 Å². The van der Waals surface area contributed by atoms with Crippen LogP contribution in [0.3, 0.4) is 0 Å². The van der Waals surface area contributed by atoms with E-state index in [0.717, 1.165) is 49.5 Å². The number of ether oxygens (including phenoxy) is 3. The van der Waals surface area contributed by atoms with Crippen molar-refractivity contribution in [2.24, 2.45) is 5.10 Å². The molecule has 0 atom stereocenters. The van der Waals surface area contributed by atoms with Crippen molar-refractivity contribution in [2.75, 3.05) is 33.4 Å². The highest BCUT2D eigenvalue weighted by Crippen LogP contribution is 2.37. The largest absolute Gasteiger partial charge is 0.493 e. The summed E-state index contributed by atoms with van der Waals surface area (Å²) in [6, 6.07) is 18.7. The number of rotatable bonds is 9. The molecule has 1 fully saturated rings. The van der Waals surface area contributed by atoms with Gasteiger partial charge in [-0.15, -0.1) is 0 Å². The number of hydrogen-bond donors (Lipinski definition) is 1. The first-order chi connectivity index (χ1) is 17.5. The van der Waals surface area contributed by atoms with Gasteiger partial charge in [0.2, 0.25) is 0 Å². The molecular formula is C27H27BrClN3O4. The molecule has 9 heteroatoms. The topological polar surface area (TPSA) is 72.4 Å². The second kappa shape index (κ2) is 12.9. The molecule has 0 aliphatic carbocycles. The highest BCUT2D eigenvalue weighted by atomic mass is 79.9. The normalized spacial score (nSPS) is 14.1. The average Bonchev–Trinajstić information content (AvgIpc) is 2.89. The summed E-state index contributed by atoms with van der Waals surface area (Å²) < 4.78 is 17.5. The second-order valence-electron chi connectivity index (χ2n) is 8.20. The van der Waals surface area contributed by atoms with Crippen LogP contribution in [0.25, 0.3) is 0 Å². The zero-order valence-corrected chi connectivity index (χ0v) is 22.2. The van der Waals surface area contributed by atoms with E-state index in [4.69, 9.17) is 25.8 Å². The van der Waals surface area contributed by atoms with Crippen LogP contribution in [0, 0.1) is 0 Å². The molecule has 3 aromatic carbocycles. The van der Waals surface area contributed by atoms with Gasteiger partial charge in [0.1, 0.15) is 6.61 Å². The maximum atomic E-state index is 12.5. The van der Waals surface area contributed by atoms with Crippen LogP contribution in [0.15, 0.2) is 70.2 Å². The quantitative estimate of drug-likeness (QED) is 0.279. The molecule has 0 unspecified atom stereocenters. The van der Waals surface area contributed by atoms with Crippen LogP contribution in [0.1, 0.15) is 27.0 Å². The summed E-state index contributed by atoms with van der Waals surface area (Å²) in [6.07, 6.45) is 1.55. The van der Waals surface area contributed by atoms with Crippen molar-refractivity contribution in [3.63, 3.8) is 0 Å². The molecule has 0 spiro atoms. The van der Waals surface area contributed by atoms with E-state index >= 15 is 0 Å². The summed E-state index contributed by atoms with van der Waals surface area (Å²) >= 11 is 9.76. The molecule has 3 aromatic rings. The molecule has 0 bridgehead atoms. The summed E-state index contributed by atoms with van der Waals surface area (Å²) in [5.41, 5.74) is 5.87. The van der Waals surface area contributed by atoms with Gasteiger partial charge in [0, 0.05) is 35.8 Å². The molecule has 0 aromatic heterocycles. The fourth-order valence-corrected chi connectivity index (χ4v) is 4.49. The Hall–Kier alpha value is -2.91. The Morgan fingerprint density at radius 3 is 2.64 bits per heavy atom. The van der Waals surface area contributed by atoms with Gasteiger partial charge in [0.15, 0.2) is 11.5 Å². The number of benzene rings is 3. The molecule has 1 heterocycles. The summed E-state index contributed by atoms with van der Waals surface area (Å²) in [4.78, 5) is 14.8. The monoisotopic (exact) mass is 571 g/mol. The zero-order chi connectivity index (χ0) is 25.3. The minimum Gasteiger partial charge on any atom is -0.493 e. The number of morpholine rings is 1. The van der Waals surface area contributed by atoms with Crippen LogP contribution in [0.4, 0.5) is 0 Å². The summed E-state index contributed by atoms with van der Waals surface area (Å²) in [7, 11) is 1.57. The van der Waals surface area contributed by atoms with Gasteiger partial charge in [0.25, 0.3) is 5.91 Å². The number of hydrogen-bond acceptors (Lipinski definition) is 6. The molecule has 36 heavy (non-hydrogen) atoms. The Bertz CT molecular complexity index is 1210. The van der Waals surface area contributed by atoms with E-state index in [1.165, 1.54) is 0 Å². The molecule has 1 saturated heterocycles. The first-order valence-corrected chi connectivity index (χ1v) is 12.7. The molecular weight excluding hydrogens is 546 g/mol. The summed E-state index contributed by atoms with van der Waals surface area (Å²) in [5.74, 6) is 0.797. The van der Waals surface area contributed by atoms with Crippen LogP contribution in [0.5, 0.6) is 11.5 Å². The summed E-state index contributed by atoms with van der Waals surface area (Å²) in [5, 5.41) is 4.74. The molecule has 7 nitrogen and oxygen atoms in total. The van der Waals surface area contributed by atoms with E-state index < -0.39 is 0 Å². The van der Waals surface area contributed by atoms with E-state index in [-0.39, 0.29) is 5.91 Å². The van der Waals surface area contributed by atoms with Crippen LogP contribution in [0.2, 0.25) is 5.02 Å². The third-order valence-electron chi connectivity index (χ3n) is 5.69. The van der Waals surface area contributed by atoms with Gasteiger partial charge >= 0.3 is 0 Å². The lowest BCUT2D eigenvalue weighted by molar-refractivity contribution is 0.0342. The second-order valence-corrected chi connectivity index (χ2v) is 9.46. The Morgan fingerprint density at radius 2 is 1.92 bits per heavy atom. The predicted octanol–water partition coefficient (Wildman–Crippen LogP) is 5.29. The Morgan fingerprint density at radius 1 is 1.17 bits per heavy atom. The first-order valence-electron chi connectivity index (χ1n) is 11.5. The fourth-order valence-electron chi connectivity index (χ4n) is 3.73. The van der Waals surface area contributed by atoms with Crippen molar-refractivity contribution in [1.29, 1.82) is 0 Å². The van der Waals surface area contributed by atoms with Crippen LogP contribution >= 0.6 is 27.5 Å². The number of nitrogens with one attached hydrogen (secondary N) is 1. The van der Waals surface area contributed by atoms with Gasteiger partial charge in [-0.05, 0) is 57.4 Å². The number of halogens is 2. The zero-order valence-electron chi connectivity index (χ0n) is 19.9. The number of nitrogens with zero attached hydrogens (tertiary/aromatic N) is 2. The SMILES string of the molecule is COc1cc(/C=N\NC(=O)c2ccc(CN3CCOCC3)cc2)cc(Br)c1OCc1ccccc1Cl. The average molecular weight is 573 g/mol. The first kappa shape index (κ1) is 26.2. The molecule has 1 amide bonds. The van der Waals surface area contributed by atoms with Gasteiger partial charge in [0.05, 0.1) is 31.0 Å². The van der Waals surface area contributed by atoms with Crippen LogP contribution in [-0.2, 0) is 17.9 Å². The molecule has 4 rings (SSSR count). The standard InChI is InChI=1S/C27H27BrClN3O4/c1-34-25-15-20(14-23(28)26(25)36-18-22-4-2-3-5-24(22)29)16-30-31-27(33)21-8-6-19(7-9-21)17-32-10-12-35-13-11-32/h2-9,14-16H,10-13,17-18H2,1H3,(H,31,33)/b30-16-.